The molecule has 1 aromatic carbocycles. The Morgan fingerprint density at radius 2 is 2.11 bits per heavy atom. The zero-order valence-corrected chi connectivity index (χ0v) is 16.7. The zero-order chi connectivity index (χ0) is 19.4. The topological polar surface area (TPSA) is 67.6 Å². The fraction of sp³-hybridized carbons (Fsp3) is 0.524. The van der Waals surface area contributed by atoms with Crippen molar-refractivity contribution < 1.29 is 14.1 Å². The Bertz CT molecular complexity index is 776. The van der Waals surface area contributed by atoms with Crippen molar-refractivity contribution in [2.75, 3.05) is 32.1 Å². The molecule has 0 saturated heterocycles. The van der Waals surface area contributed by atoms with Crippen molar-refractivity contribution in [3.8, 4) is 16.9 Å². The molecule has 1 heterocycles. The third-order valence-corrected chi connectivity index (χ3v) is 4.83. The molecule has 0 bridgehead atoms. The van der Waals surface area contributed by atoms with Gasteiger partial charge < -0.3 is 19.5 Å². The number of hydrogen-bond donors (Lipinski definition) is 1. The second-order valence-corrected chi connectivity index (χ2v) is 7.33. The fourth-order valence-electron chi connectivity index (χ4n) is 3.19. The van der Waals surface area contributed by atoms with Gasteiger partial charge in [-0.1, -0.05) is 12.1 Å². The Balaban J connectivity index is 1.81. The molecule has 1 aliphatic carbocycles. The van der Waals surface area contributed by atoms with Gasteiger partial charge in [0.15, 0.2) is 0 Å². The Hall–Kier alpha value is -2.34. The maximum Gasteiger partial charge on any atom is 0.227 e. The number of carbonyl (C=O) groups excluding carboxylic acids is 1. The van der Waals surface area contributed by atoms with Crippen molar-refractivity contribution in [1.29, 1.82) is 0 Å². The van der Waals surface area contributed by atoms with Crippen molar-refractivity contribution in [2.45, 2.75) is 40.0 Å². The number of carbonyl (C=O) groups is 1. The van der Waals surface area contributed by atoms with Crippen LogP contribution in [0.5, 0.6) is 5.75 Å². The molecule has 0 spiro atoms. The highest BCUT2D eigenvalue weighted by Gasteiger charge is 2.29. The van der Waals surface area contributed by atoms with E-state index in [1.165, 1.54) is 0 Å². The van der Waals surface area contributed by atoms with E-state index in [1.807, 2.05) is 32.0 Å². The highest BCUT2D eigenvalue weighted by molar-refractivity contribution is 5.95. The van der Waals surface area contributed by atoms with E-state index in [0.717, 1.165) is 66.4 Å². The first-order chi connectivity index (χ1) is 13.0. The van der Waals surface area contributed by atoms with Crippen LogP contribution in [0.15, 0.2) is 22.7 Å². The number of likely N-dealkylation sites (N-methyl/N-ethyl adjacent to an activating group) is 1. The van der Waals surface area contributed by atoms with Crippen LogP contribution in [-0.4, -0.2) is 42.7 Å². The lowest BCUT2D eigenvalue weighted by Crippen LogP contribution is -2.25. The fourth-order valence-corrected chi connectivity index (χ4v) is 3.19. The standard InChI is InChI=1S/C21H29N3O3/c1-5-10-24(4)11-12-26-19-9-8-17(22-21(25)16-6-7-16)13-18(19)20-14(2)23-27-15(20)3/h8-9,13,16H,5-7,10-12H2,1-4H3,(H,22,25). The van der Waals surface area contributed by atoms with Gasteiger partial charge in [-0.05, 0) is 64.9 Å². The van der Waals surface area contributed by atoms with E-state index in [-0.39, 0.29) is 11.8 Å². The molecule has 0 unspecified atom stereocenters. The Morgan fingerprint density at radius 1 is 1.33 bits per heavy atom. The molecule has 2 aromatic rings. The molecule has 1 fully saturated rings. The molecule has 0 atom stereocenters. The first-order valence-electron chi connectivity index (χ1n) is 9.69. The monoisotopic (exact) mass is 371 g/mol. The summed E-state index contributed by atoms with van der Waals surface area (Å²) in [5.41, 5.74) is 3.41. The van der Waals surface area contributed by atoms with Crippen LogP contribution < -0.4 is 10.1 Å². The lowest BCUT2D eigenvalue weighted by atomic mass is 10.0. The third-order valence-electron chi connectivity index (χ3n) is 4.83. The quantitative estimate of drug-likeness (QED) is 0.721. The van der Waals surface area contributed by atoms with Gasteiger partial charge in [-0.2, -0.15) is 0 Å². The lowest BCUT2D eigenvalue weighted by Gasteiger charge is -2.18. The highest BCUT2D eigenvalue weighted by atomic mass is 16.5. The van der Waals surface area contributed by atoms with Gasteiger partial charge in [0.05, 0.1) is 11.3 Å². The average molecular weight is 371 g/mol. The molecular weight excluding hydrogens is 342 g/mol. The van der Waals surface area contributed by atoms with Crippen LogP contribution in [0.2, 0.25) is 0 Å². The van der Waals surface area contributed by atoms with Crippen molar-refractivity contribution in [3.05, 3.63) is 29.7 Å². The van der Waals surface area contributed by atoms with E-state index in [4.69, 9.17) is 9.26 Å². The smallest absolute Gasteiger partial charge is 0.227 e. The average Bonchev–Trinajstić information content (AvgIpc) is 3.42. The minimum absolute atomic E-state index is 0.0922. The van der Waals surface area contributed by atoms with Crippen molar-refractivity contribution in [1.82, 2.24) is 10.1 Å². The summed E-state index contributed by atoms with van der Waals surface area (Å²) in [5.74, 6) is 1.77. The van der Waals surface area contributed by atoms with Crippen LogP contribution in [0.25, 0.3) is 11.1 Å². The summed E-state index contributed by atoms with van der Waals surface area (Å²) in [5, 5.41) is 7.08. The molecule has 1 aromatic heterocycles. The first-order valence-corrected chi connectivity index (χ1v) is 9.69. The number of amides is 1. The Labute approximate surface area is 160 Å². The largest absolute Gasteiger partial charge is 0.492 e. The second-order valence-electron chi connectivity index (χ2n) is 7.33. The molecule has 0 radical (unpaired) electrons. The molecule has 146 valence electrons. The summed E-state index contributed by atoms with van der Waals surface area (Å²) in [7, 11) is 2.10. The SMILES string of the molecule is CCCN(C)CCOc1ccc(NC(=O)C2CC2)cc1-c1c(C)noc1C. The molecule has 1 saturated carbocycles. The van der Waals surface area contributed by atoms with Gasteiger partial charge in [0.2, 0.25) is 5.91 Å². The molecule has 1 amide bonds. The number of rotatable bonds is 9. The number of aryl methyl sites for hydroxylation is 2. The minimum atomic E-state index is 0.0922. The Morgan fingerprint density at radius 3 is 2.74 bits per heavy atom. The number of benzene rings is 1. The predicted molar refractivity (Wildman–Crippen MR) is 106 cm³/mol. The summed E-state index contributed by atoms with van der Waals surface area (Å²) >= 11 is 0. The van der Waals surface area contributed by atoms with E-state index in [1.54, 1.807) is 0 Å². The molecule has 27 heavy (non-hydrogen) atoms. The summed E-state index contributed by atoms with van der Waals surface area (Å²) in [6.45, 7) is 8.48. The summed E-state index contributed by atoms with van der Waals surface area (Å²) in [4.78, 5) is 14.4. The number of aromatic nitrogens is 1. The molecule has 6 heteroatoms. The van der Waals surface area contributed by atoms with Crippen molar-refractivity contribution >= 4 is 11.6 Å². The summed E-state index contributed by atoms with van der Waals surface area (Å²) < 4.78 is 11.4. The predicted octanol–water partition coefficient (Wildman–Crippen LogP) is 4.03. The van der Waals surface area contributed by atoms with E-state index >= 15 is 0 Å². The van der Waals surface area contributed by atoms with E-state index in [2.05, 4.69) is 29.3 Å². The van der Waals surface area contributed by atoms with Gasteiger partial charge >= 0.3 is 0 Å². The van der Waals surface area contributed by atoms with E-state index < -0.39 is 0 Å². The van der Waals surface area contributed by atoms with Gasteiger partial charge in [-0.25, -0.2) is 0 Å². The molecule has 6 nitrogen and oxygen atoms in total. The highest BCUT2D eigenvalue weighted by Crippen LogP contribution is 2.37. The maximum atomic E-state index is 12.1. The Kier molecular flexibility index (Phi) is 6.16. The summed E-state index contributed by atoms with van der Waals surface area (Å²) in [6, 6.07) is 5.77. The number of ether oxygens (including phenoxy) is 1. The summed E-state index contributed by atoms with van der Waals surface area (Å²) in [6.07, 6.45) is 3.08. The van der Waals surface area contributed by atoms with Crippen molar-refractivity contribution in [2.24, 2.45) is 5.92 Å². The van der Waals surface area contributed by atoms with Crippen LogP contribution in [0.1, 0.15) is 37.6 Å². The number of hydrogen-bond acceptors (Lipinski definition) is 5. The van der Waals surface area contributed by atoms with E-state index in [0.29, 0.717) is 6.61 Å². The van der Waals surface area contributed by atoms with Crippen molar-refractivity contribution in [3.63, 3.8) is 0 Å². The normalized spacial score (nSPS) is 13.8. The van der Waals surface area contributed by atoms with Crippen LogP contribution in [0.3, 0.4) is 0 Å². The maximum absolute atomic E-state index is 12.1. The van der Waals surface area contributed by atoms with Crippen LogP contribution in [0.4, 0.5) is 5.69 Å². The first kappa shape index (κ1) is 19.4. The molecule has 1 aliphatic rings. The van der Waals surface area contributed by atoms with Gasteiger partial charge in [0.1, 0.15) is 18.1 Å². The van der Waals surface area contributed by atoms with Gasteiger partial charge in [-0.15, -0.1) is 0 Å². The third kappa shape index (κ3) is 4.89. The molecule has 0 aliphatic heterocycles. The van der Waals surface area contributed by atoms with Crippen LogP contribution >= 0.6 is 0 Å². The number of anilines is 1. The van der Waals surface area contributed by atoms with Gasteiger partial charge in [0, 0.05) is 23.7 Å². The molecular formula is C21H29N3O3. The van der Waals surface area contributed by atoms with Gasteiger partial charge in [0.25, 0.3) is 0 Å². The minimum Gasteiger partial charge on any atom is -0.492 e. The van der Waals surface area contributed by atoms with E-state index in [9.17, 15) is 4.79 Å². The molecule has 1 N–H and O–H groups in total. The number of nitrogens with one attached hydrogen (secondary N) is 1. The van der Waals surface area contributed by atoms with Crippen LogP contribution in [0, 0.1) is 19.8 Å². The number of nitrogens with zero attached hydrogens (tertiary/aromatic N) is 2. The second kappa shape index (κ2) is 8.57. The van der Waals surface area contributed by atoms with Crippen LogP contribution in [-0.2, 0) is 4.79 Å². The lowest BCUT2D eigenvalue weighted by molar-refractivity contribution is -0.117. The van der Waals surface area contributed by atoms with Gasteiger partial charge in [-0.3, -0.25) is 4.79 Å². The zero-order valence-electron chi connectivity index (χ0n) is 16.7. The molecule has 3 rings (SSSR count).